The molecule has 1 heterocycles. The van der Waals surface area contributed by atoms with Gasteiger partial charge in [-0.2, -0.15) is 0 Å². The molecule has 1 aromatic carbocycles. The molecular formula is C15H21N3S2. The van der Waals surface area contributed by atoms with E-state index < -0.39 is 0 Å². The van der Waals surface area contributed by atoms with Crippen LogP contribution in [-0.4, -0.2) is 16.1 Å². The molecule has 0 unspecified atom stereocenters. The number of hydrogen-bond acceptors (Lipinski definition) is 3. The molecule has 3 nitrogen and oxygen atoms in total. The number of nitrogens with one attached hydrogen (secondary N) is 2. The van der Waals surface area contributed by atoms with Crippen LogP contribution in [0, 0.1) is 0 Å². The molecule has 5 heteroatoms. The van der Waals surface area contributed by atoms with Crippen LogP contribution in [0.2, 0.25) is 0 Å². The van der Waals surface area contributed by atoms with E-state index in [9.17, 15) is 0 Å². The molecule has 0 saturated heterocycles. The zero-order valence-electron chi connectivity index (χ0n) is 12.2. The van der Waals surface area contributed by atoms with Gasteiger partial charge in [0, 0.05) is 11.7 Å². The Morgan fingerprint density at radius 2 is 2.20 bits per heavy atom. The Balaban J connectivity index is 2.03. The predicted octanol–water partition coefficient (Wildman–Crippen LogP) is 4.33. The summed E-state index contributed by atoms with van der Waals surface area (Å²) in [5, 5.41) is 8.41. The molecule has 0 aliphatic carbocycles. The van der Waals surface area contributed by atoms with Crippen LogP contribution >= 0.6 is 23.6 Å². The number of thiocarbonyl (C=S) groups is 1. The van der Waals surface area contributed by atoms with Crippen LogP contribution in [0.3, 0.4) is 0 Å². The van der Waals surface area contributed by atoms with Crippen LogP contribution in [0.1, 0.15) is 38.6 Å². The Kier molecular flexibility index (Phi) is 5.31. The largest absolute Gasteiger partial charge is 0.360 e. The predicted molar refractivity (Wildman–Crippen MR) is 92.7 cm³/mol. The monoisotopic (exact) mass is 307 g/mol. The number of thiazole rings is 1. The lowest BCUT2D eigenvalue weighted by molar-refractivity contribution is 0.599. The average molecular weight is 307 g/mol. The number of aryl methyl sites for hydroxylation is 1. The molecule has 0 aliphatic rings. The van der Waals surface area contributed by atoms with Gasteiger partial charge in [0.25, 0.3) is 0 Å². The quantitative estimate of drug-likeness (QED) is 0.806. The number of anilines is 1. The lowest BCUT2D eigenvalue weighted by Crippen LogP contribution is -2.35. The van der Waals surface area contributed by atoms with E-state index in [-0.39, 0.29) is 0 Å². The zero-order valence-corrected chi connectivity index (χ0v) is 13.8. The highest BCUT2D eigenvalue weighted by atomic mass is 32.1. The fourth-order valence-corrected chi connectivity index (χ4v) is 3.36. The van der Waals surface area contributed by atoms with Gasteiger partial charge in [-0.3, -0.25) is 0 Å². The molecule has 0 spiro atoms. The van der Waals surface area contributed by atoms with Crippen molar-refractivity contribution in [2.24, 2.45) is 0 Å². The van der Waals surface area contributed by atoms with E-state index in [1.54, 1.807) is 11.3 Å². The van der Waals surface area contributed by atoms with Crippen molar-refractivity contribution in [3.05, 3.63) is 23.2 Å². The maximum absolute atomic E-state index is 5.34. The molecule has 2 N–H and O–H groups in total. The SMILES string of the molecule is CCC[C@@H](C)NC(=S)Nc1ccc2nc(CC)sc2c1. The Bertz CT molecular complexity index is 592. The van der Waals surface area contributed by atoms with Gasteiger partial charge >= 0.3 is 0 Å². The molecule has 0 radical (unpaired) electrons. The number of fused-ring (bicyclic) bond motifs is 1. The zero-order chi connectivity index (χ0) is 14.5. The summed E-state index contributed by atoms with van der Waals surface area (Å²) in [6.45, 7) is 6.46. The molecule has 0 aliphatic heterocycles. The Morgan fingerprint density at radius 3 is 2.90 bits per heavy atom. The van der Waals surface area contributed by atoms with Gasteiger partial charge < -0.3 is 10.6 Å². The molecule has 20 heavy (non-hydrogen) atoms. The first-order valence-corrected chi connectivity index (χ1v) is 8.31. The topological polar surface area (TPSA) is 37.0 Å². The molecule has 2 rings (SSSR count). The molecule has 0 bridgehead atoms. The number of aromatic nitrogens is 1. The summed E-state index contributed by atoms with van der Waals surface area (Å²) < 4.78 is 1.20. The van der Waals surface area contributed by atoms with Gasteiger partial charge in [0.2, 0.25) is 0 Å². The van der Waals surface area contributed by atoms with Gasteiger partial charge in [-0.25, -0.2) is 4.98 Å². The second-order valence-electron chi connectivity index (χ2n) is 4.93. The fourth-order valence-electron chi connectivity index (χ4n) is 2.10. The van der Waals surface area contributed by atoms with Crippen LogP contribution in [0.25, 0.3) is 10.2 Å². The third kappa shape index (κ3) is 3.90. The highest BCUT2D eigenvalue weighted by Crippen LogP contribution is 2.25. The normalized spacial score (nSPS) is 12.3. The first-order valence-electron chi connectivity index (χ1n) is 7.09. The number of nitrogens with zero attached hydrogens (tertiary/aromatic N) is 1. The fraction of sp³-hybridized carbons (Fsp3) is 0.467. The van der Waals surface area contributed by atoms with E-state index in [1.807, 2.05) is 12.1 Å². The maximum Gasteiger partial charge on any atom is 0.170 e. The van der Waals surface area contributed by atoms with Crippen LogP contribution in [0.5, 0.6) is 0 Å². The molecule has 1 atom stereocenters. The van der Waals surface area contributed by atoms with E-state index in [0.29, 0.717) is 11.2 Å². The van der Waals surface area contributed by atoms with Gasteiger partial charge in [-0.05, 0) is 50.2 Å². The van der Waals surface area contributed by atoms with E-state index >= 15 is 0 Å². The van der Waals surface area contributed by atoms with Gasteiger partial charge in [0.05, 0.1) is 15.2 Å². The van der Waals surface area contributed by atoms with Crippen LogP contribution in [0.4, 0.5) is 5.69 Å². The van der Waals surface area contributed by atoms with Crippen molar-refractivity contribution in [1.29, 1.82) is 0 Å². The summed E-state index contributed by atoms with van der Waals surface area (Å²) in [7, 11) is 0. The summed E-state index contributed by atoms with van der Waals surface area (Å²) in [6, 6.07) is 6.59. The Morgan fingerprint density at radius 1 is 1.40 bits per heavy atom. The van der Waals surface area contributed by atoms with Crippen molar-refractivity contribution >= 4 is 44.6 Å². The van der Waals surface area contributed by atoms with E-state index in [1.165, 1.54) is 9.71 Å². The number of benzene rings is 1. The van der Waals surface area contributed by atoms with Gasteiger partial charge in [0.1, 0.15) is 0 Å². The maximum atomic E-state index is 5.34. The smallest absolute Gasteiger partial charge is 0.170 e. The summed E-state index contributed by atoms with van der Waals surface area (Å²) in [5.41, 5.74) is 2.08. The Labute approximate surface area is 129 Å². The molecule has 108 valence electrons. The minimum Gasteiger partial charge on any atom is -0.360 e. The molecule has 0 amide bonds. The molecule has 0 fully saturated rings. The summed E-state index contributed by atoms with van der Waals surface area (Å²) in [4.78, 5) is 4.57. The van der Waals surface area contributed by atoms with Crippen LogP contribution < -0.4 is 10.6 Å². The molecule has 2 aromatic rings. The standard InChI is InChI=1S/C15H21N3S2/c1-4-6-10(3)16-15(19)17-11-7-8-12-13(9-11)20-14(5-2)18-12/h7-10H,4-6H2,1-3H3,(H2,16,17,19)/t10-/m1/s1. The lowest BCUT2D eigenvalue weighted by atomic mass is 10.2. The highest BCUT2D eigenvalue weighted by molar-refractivity contribution is 7.80. The highest BCUT2D eigenvalue weighted by Gasteiger charge is 2.06. The van der Waals surface area contributed by atoms with Crippen molar-refractivity contribution in [3.8, 4) is 0 Å². The van der Waals surface area contributed by atoms with Crippen molar-refractivity contribution in [2.75, 3.05) is 5.32 Å². The van der Waals surface area contributed by atoms with Gasteiger partial charge in [0.15, 0.2) is 5.11 Å². The van der Waals surface area contributed by atoms with Crippen LogP contribution in [0.15, 0.2) is 18.2 Å². The summed E-state index contributed by atoms with van der Waals surface area (Å²) in [6.07, 6.45) is 3.26. The van der Waals surface area contributed by atoms with Gasteiger partial charge in [-0.1, -0.05) is 20.3 Å². The van der Waals surface area contributed by atoms with E-state index in [0.717, 1.165) is 30.5 Å². The van der Waals surface area contributed by atoms with Crippen molar-refractivity contribution < 1.29 is 0 Å². The first kappa shape index (κ1) is 15.2. The van der Waals surface area contributed by atoms with Crippen molar-refractivity contribution in [1.82, 2.24) is 10.3 Å². The van der Waals surface area contributed by atoms with Crippen molar-refractivity contribution in [3.63, 3.8) is 0 Å². The first-order chi connectivity index (χ1) is 9.62. The average Bonchev–Trinajstić information content (AvgIpc) is 2.80. The summed E-state index contributed by atoms with van der Waals surface area (Å²) >= 11 is 7.09. The summed E-state index contributed by atoms with van der Waals surface area (Å²) in [5.74, 6) is 0. The molecule has 0 saturated carbocycles. The number of rotatable bonds is 5. The van der Waals surface area contributed by atoms with Crippen LogP contribution in [-0.2, 0) is 6.42 Å². The second-order valence-corrected chi connectivity index (χ2v) is 6.46. The van der Waals surface area contributed by atoms with E-state index in [2.05, 4.69) is 42.5 Å². The van der Waals surface area contributed by atoms with E-state index in [4.69, 9.17) is 12.2 Å². The van der Waals surface area contributed by atoms with Gasteiger partial charge in [-0.15, -0.1) is 11.3 Å². The second kappa shape index (κ2) is 6.99. The lowest BCUT2D eigenvalue weighted by Gasteiger charge is -2.16. The third-order valence-corrected chi connectivity index (χ3v) is 4.47. The molecular weight excluding hydrogens is 286 g/mol. The third-order valence-electron chi connectivity index (χ3n) is 3.09. The molecule has 1 aromatic heterocycles. The van der Waals surface area contributed by atoms with Crippen molar-refractivity contribution in [2.45, 2.75) is 46.1 Å². The Hall–Kier alpha value is -1.20. The minimum atomic E-state index is 0.402. The minimum absolute atomic E-state index is 0.402. The number of hydrogen-bond donors (Lipinski definition) is 2.